The molecule has 0 amide bonds. The SMILES string of the molecule is CC1Oc2c(F)cccc2C1CCN. The molecule has 1 aromatic carbocycles. The van der Waals surface area contributed by atoms with Crippen LogP contribution in [0.3, 0.4) is 0 Å². The highest BCUT2D eigenvalue weighted by Crippen LogP contribution is 2.41. The molecule has 2 N–H and O–H groups in total. The number of halogens is 1. The van der Waals surface area contributed by atoms with Crippen molar-refractivity contribution in [2.24, 2.45) is 5.73 Å². The van der Waals surface area contributed by atoms with E-state index in [-0.39, 0.29) is 17.8 Å². The number of ether oxygens (including phenoxy) is 1. The molecular formula is C11H14FNO. The highest BCUT2D eigenvalue weighted by Gasteiger charge is 2.32. The summed E-state index contributed by atoms with van der Waals surface area (Å²) in [6, 6.07) is 5.07. The van der Waals surface area contributed by atoms with Crippen LogP contribution in [-0.2, 0) is 0 Å². The lowest BCUT2D eigenvalue weighted by Gasteiger charge is -2.12. The number of rotatable bonds is 2. The molecule has 0 aliphatic carbocycles. The standard InChI is InChI=1S/C11H14FNO/c1-7-8(5-6-13)9-3-2-4-10(12)11(9)14-7/h2-4,7-8H,5-6,13H2,1H3. The first kappa shape index (κ1) is 9.46. The van der Waals surface area contributed by atoms with Gasteiger partial charge in [0.1, 0.15) is 6.10 Å². The van der Waals surface area contributed by atoms with Gasteiger partial charge in [0.2, 0.25) is 0 Å². The Kier molecular flexibility index (Phi) is 2.42. The Morgan fingerprint density at radius 3 is 3.00 bits per heavy atom. The zero-order chi connectivity index (χ0) is 10.1. The number of fused-ring (bicyclic) bond motifs is 1. The van der Waals surface area contributed by atoms with Crippen molar-refractivity contribution in [3.8, 4) is 5.75 Å². The van der Waals surface area contributed by atoms with Crippen molar-refractivity contribution >= 4 is 0 Å². The second-order valence-electron chi connectivity index (χ2n) is 3.66. The van der Waals surface area contributed by atoms with E-state index in [9.17, 15) is 4.39 Å². The predicted molar refractivity (Wildman–Crippen MR) is 52.9 cm³/mol. The van der Waals surface area contributed by atoms with Gasteiger partial charge in [0.25, 0.3) is 0 Å². The maximum absolute atomic E-state index is 13.3. The largest absolute Gasteiger partial charge is 0.487 e. The third-order valence-corrected chi connectivity index (χ3v) is 2.74. The smallest absolute Gasteiger partial charge is 0.165 e. The van der Waals surface area contributed by atoms with Crippen molar-refractivity contribution in [3.05, 3.63) is 29.6 Å². The Morgan fingerprint density at radius 2 is 2.29 bits per heavy atom. The van der Waals surface area contributed by atoms with E-state index in [4.69, 9.17) is 10.5 Å². The molecule has 2 rings (SSSR count). The first-order valence-electron chi connectivity index (χ1n) is 4.89. The number of para-hydroxylation sites is 1. The topological polar surface area (TPSA) is 35.2 Å². The van der Waals surface area contributed by atoms with Crippen LogP contribution in [0.4, 0.5) is 4.39 Å². The second kappa shape index (κ2) is 3.58. The molecule has 2 unspecified atom stereocenters. The van der Waals surface area contributed by atoms with Crippen molar-refractivity contribution in [2.45, 2.75) is 25.4 Å². The van der Waals surface area contributed by atoms with E-state index in [0.717, 1.165) is 12.0 Å². The van der Waals surface area contributed by atoms with E-state index in [1.807, 2.05) is 13.0 Å². The van der Waals surface area contributed by atoms with E-state index in [0.29, 0.717) is 12.3 Å². The highest BCUT2D eigenvalue weighted by molar-refractivity contribution is 5.42. The monoisotopic (exact) mass is 195 g/mol. The summed E-state index contributed by atoms with van der Waals surface area (Å²) in [4.78, 5) is 0. The molecule has 2 nitrogen and oxygen atoms in total. The summed E-state index contributed by atoms with van der Waals surface area (Å²) in [5.74, 6) is 0.387. The molecule has 0 radical (unpaired) electrons. The summed E-state index contributed by atoms with van der Waals surface area (Å²) in [6.45, 7) is 2.56. The molecule has 0 spiro atoms. The Hall–Kier alpha value is -1.09. The van der Waals surface area contributed by atoms with Gasteiger partial charge in [-0.3, -0.25) is 0 Å². The number of hydrogen-bond acceptors (Lipinski definition) is 2. The zero-order valence-electron chi connectivity index (χ0n) is 8.16. The van der Waals surface area contributed by atoms with Crippen molar-refractivity contribution < 1.29 is 9.13 Å². The van der Waals surface area contributed by atoms with E-state index in [1.165, 1.54) is 6.07 Å². The molecule has 2 atom stereocenters. The van der Waals surface area contributed by atoms with E-state index < -0.39 is 0 Å². The molecule has 1 aromatic rings. The average Bonchev–Trinajstić information content (AvgIpc) is 2.47. The first-order valence-corrected chi connectivity index (χ1v) is 4.89. The van der Waals surface area contributed by atoms with Gasteiger partial charge >= 0.3 is 0 Å². The summed E-state index contributed by atoms with van der Waals surface area (Å²) in [5.41, 5.74) is 6.48. The van der Waals surface area contributed by atoms with Gasteiger partial charge in [0.15, 0.2) is 11.6 Å². The lowest BCUT2D eigenvalue weighted by Crippen LogP contribution is -2.17. The highest BCUT2D eigenvalue weighted by atomic mass is 19.1. The summed E-state index contributed by atoms with van der Waals surface area (Å²) >= 11 is 0. The molecule has 0 saturated carbocycles. The molecule has 14 heavy (non-hydrogen) atoms. The van der Waals surface area contributed by atoms with Crippen LogP contribution in [0, 0.1) is 5.82 Å². The minimum atomic E-state index is -0.270. The summed E-state index contributed by atoms with van der Waals surface area (Å²) < 4.78 is 18.8. The van der Waals surface area contributed by atoms with Crippen LogP contribution in [-0.4, -0.2) is 12.6 Å². The molecule has 1 aliphatic rings. The van der Waals surface area contributed by atoms with Gasteiger partial charge in [-0.25, -0.2) is 4.39 Å². The molecule has 1 aliphatic heterocycles. The Morgan fingerprint density at radius 1 is 1.50 bits per heavy atom. The Balaban J connectivity index is 2.37. The van der Waals surface area contributed by atoms with Crippen molar-refractivity contribution in [2.75, 3.05) is 6.54 Å². The zero-order valence-corrected chi connectivity index (χ0v) is 8.16. The maximum Gasteiger partial charge on any atom is 0.165 e. The molecule has 76 valence electrons. The normalized spacial score (nSPS) is 24.5. The van der Waals surface area contributed by atoms with Crippen LogP contribution in [0.25, 0.3) is 0 Å². The molecule has 0 bridgehead atoms. The summed E-state index contributed by atoms with van der Waals surface area (Å²) in [7, 11) is 0. The Bertz CT molecular complexity index is 340. The van der Waals surface area contributed by atoms with Crippen LogP contribution < -0.4 is 10.5 Å². The van der Waals surface area contributed by atoms with E-state index in [2.05, 4.69) is 0 Å². The fourth-order valence-corrected chi connectivity index (χ4v) is 2.03. The van der Waals surface area contributed by atoms with Gasteiger partial charge < -0.3 is 10.5 Å². The lowest BCUT2D eigenvalue weighted by atomic mass is 9.93. The van der Waals surface area contributed by atoms with Gasteiger partial charge in [0, 0.05) is 11.5 Å². The third-order valence-electron chi connectivity index (χ3n) is 2.74. The lowest BCUT2D eigenvalue weighted by molar-refractivity contribution is 0.215. The number of nitrogens with two attached hydrogens (primary N) is 1. The summed E-state index contributed by atoms with van der Waals surface area (Å²) in [6.07, 6.45) is 0.878. The predicted octanol–water partition coefficient (Wildman–Crippen LogP) is 2.04. The van der Waals surface area contributed by atoms with Crippen LogP contribution in [0.15, 0.2) is 18.2 Å². The van der Waals surface area contributed by atoms with Gasteiger partial charge in [-0.15, -0.1) is 0 Å². The minimum Gasteiger partial charge on any atom is -0.487 e. The minimum absolute atomic E-state index is 0.0328. The van der Waals surface area contributed by atoms with Crippen LogP contribution in [0.1, 0.15) is 24.8 Å². The van der Waals surface area contributed by atoms with Crippen molar-refractivity contribution in [3.63, 3.8) is 0 Å². The number of benzene rings is 1. The maximum atomic E-state index is 13.3. The molecule has 0 saturated heterocycles. The van der Waals surface area contributed by atoms with Gasteiger partial charge in [-0.1, -0.05) is 12.1 Å². The van der Waals surface area contributed by atoms with Crippen LogP contribution >= 0.6 is 0 Å². The molecule has 0 aromatic heterocycles. The quantitative estimate of drug-likeness (QED) is 0.783. The molecular weight excluding hydrogens is 181 g/mol. The van der Waals surface area contributed by atoms with E-state index in [1.54, 1.807) is 6.07 Å². The van der Waals surface area contributed by atoms with Crippen molar-refractivity contribution in [1.82, 2.24) is 0 Å². The number of hydrogen-bond donors (Lipinski definition) is 1. The van der Waals surface area contributed by atoms with Crippen molar-refractivity contribution in [1.29, 1.82) is 0 Å². The average molecular weight is 195 g/mol. The Labute approximate surface area is 82.9 Å². The van der Waals surface area contributed by atoms with E-state index >= 15 is 0 Å². The van der Waals surface area contributed by atoms with Crippen LogP contribution in [0.5, 0.6) is 5.75 Å². The second-order valence-corrected chi connectivity index (χ2v) is 3.66. The fraction of sp³-hybridized carbons (Fsp3) is 0.455. The fourth-order valence-electron chi connectivity index (χ4n) is 2.03. The van der Waals surface area contributed by atoms with Gasteiger partial charge in [0.05, 0.1) is 0 Å². The summed E-state index contributed by atoms with van der Waals surface area (Å²) in [5, 5.41) is 0. The molecule has 0 fully saturated rings. The first-order chi connectivity index (χ1) is 6.74. The van der Waals surface area contributed by atoms with Gasteiger partial charge in [-0.2, -0.15) is 0 Å². The van der Waals surface area contributed by atoms with Gasteiger partial charge in [-0.05, 0) is 26.0 Å². The third kappa shape index (κ3) is 1.38. The molecule has 1 heterocycles. The van der Waals surface area contributed by atoms with Crippen LogP contribution in [0.2, 0.25) is 0 Å². The molecule has 3 heteroatoms.